The molecule has 0 atom stereocenters. The van der Waals surface area contributed by atoms with Gasteiger partial charge >= 0.3 is 5.97 Å². The molecule has 2 aromatic heterocycles. The summed E-state index contributed by atoms with van der Waals surface area (Å²) < 4.78 is 26.9. The number of pyridine rings is 1. The third-order valence-electron chi connectivity index (χ3n) is 7.70. The van der Waals surface area contributed by atoms with Crippen molar-refractivity contribution < 1.29 is 23.8 Å². The first-order valence-corrected chi connectivity index (χ1v) is 12.7. The number of halogens is 2. The first-order chi connectivity index (χ1) is 17.2. The summed E-state index contributed by atoms with van der Waals surface area (Å²) in [6.07, 6.45) is 3.99. The van der Waals surface area contributed by atoms with Crippen LogP contribution in [0.25, 0.3) is 27.9 Å². The Hall–Kier alpha value is -2.90. The molecule has 8 heteroatoms. The summed E-state index contributed by atoms with van der Waals surface area (Å²) in [5, 5.41) is 9.97. The molecule has 2 N–H and O–H groups in total. The third-order valence-corrected chi connectivity index (χ3v) is 7.99. The number of aromatic nitrogens is 2. The van der Waals surface area contributed by atoms with Crippen molar-refractivity contribution in [3.8, 4) is 17.1 Å². The minimum Gasteiger partial charge on any atom is -0.481 e. The van der Waals surface area contributed by atoms with Crippen LogP contribution in [-0.4, -0.2) is 46.0 Å². The van der Waals surface area contributed by atoms with Gasteiger partial charge < -0.3 is 19.6 Å². The van der Waals surface area contributed by atoms with Crippen molar-refractivity contribution >= 4 is 34.2 Å². The molecule has 1 aliphatic carbocycles. The lowest BCUT2D eigenvalue weighted by Crippen LogP contribution is -2.49. The van der Waals surface area contributed by atoms with Crippen LogP contribution in [0, 0.1) is 5.41 Å². The van der Waals surface area contributed by atoms with Gasteiger partial charge in [-0.1, -0.05) is 41.9 Å². The van der Waals surface area contributed by atoms with Crippen LogP contribution in [0.5, 0.6) is 5.88 Å². The average Bonchev–Trinajstić information content (AvgIpc) is 3.26. The number of nitrogens with one attached hydrogen (secondary N) is 1. The SMILES string of the molecule is CC(C)(C(=O)O)[C@]1(F)CC[C@@H](Oc2cc3nc(-c4ccc(C5=CCOCC5)cc4)c(Cl)cc3[nH]2)CC1. The maximum atomic E-state index is 15.4. The van der Waals surface area contributed by atoms with Crippen LogP contribution in [0.4, 0.5) is 4.39 Å². The number of alkyl halides is 1. The fraction of sp³-hybridized carbons (Fsp3) is 0.429. The summed E-state index contributed by atoms with van der Waals surface area (Å²) in [4.78, 5) is 19.5. The maximum Gasteiger partial charge on any atom is 0.312 e. The fourth-order valence-corrected chi connectivity index (χ4v) is 5.33. The number of aromatic amines is 1. The zero-order valence-corrected chi connectivity index (χ0v) is 21.2. The van der Waals surface area contributed by atoms with Gasteiger partial charge in [0.1, 0.15) is 11.8 Å². The van der Waals surface area contributed by atoms with Crippen LogP contribution in [0.3, 0.4) is 0 Å². The molecule has 1 aromatic carbocycles. The molecule has 190 valence electrons. The number of hydrogen-bond acceptors (Lipinski definition) is 4. The molecule has 3 aromatic rings. The summed E-state index contributed by atoms with van der Waals surface area (Å²) in [5.74, 6) is -0.574. The van der Waals surface area contributed by atoms with E-state index < -0.39 is 17.1 Å². The van der Waals surface area contributed by atoms with Crippen LogP contribution in [0.15, 0.2) is 42.5 Å². The Kier molecular flexibility index (Phi) is 6.55. The van der Waals surface area contributed by atoms with E-state index in [-0.39, 0.29) is 18.9 Å². The largest absolute Gasteiger partial charge is 0.481 e. The molecule has 0 unspecified atom stereocenters. The Bertz CT molecular complexity index is 1310. The zero-order valence-electron chi connectivity index (χ0n) is 20.4. The number of carboxylic acids is 1. The van der Waals surface area contributed by atoms with E-state index in [4.69, 9.17) is 26.1 Å². The fourth-order valence-electron chi connectivity index (χ4n) is 5.07. The lowest BCUT2D eigenvalue weighted by Gasteiger charge is -2.41. The van der Waals surface area contributed by atoms with E-state index in [1.54, 1.807) is 0 Å². The number of aliphatic carboxylic acids is 1. The van der Waals surface area contributed by atoms with Crippen LogP contribution in [-0.2, 0) is 9.53 Å². The second kappa shape index (κ2) is 9.52. The zero-order chi connectivity index (χ0) is 25.5. The first kappa shape index (κ1) is 24.8. The van der Waals surface area contributed by atoms with E-state index in [1.165, 1.54) is 25.0 Å². The molecule has 1 fully saturated rings. The number of fused-ring (bicyclic) bond motifs is 1. The number of rotatable bonds is 6. The van der Waals surface area contributed by atoms with Gasteiger partial charge in [0.15, 0.2) is 5.88 Å². The second-order valence-electron chi connectivity index (χ2n) is 10.2. The van der Waals surface area contributed by atoms with Gasteiger partial charge in [-0.3, -0.25) is 4.79 Å². The Morgan fingerprint density at radius 1 is 1.22 bits per heavy atom. The van der Waals surface area contributed by atoms with Crippen LogP contribution in [0.1, 0.15) is 51.5 Å². The molecule has 1 saturated carbocycles. The quantitative estimate of drug-likeness (QED) is 0.378. The van der Waals surface area contributed by atoms with Gasteiger partial charge in [-0.2, -0.15) is 0 Å². The molecule has 3 heterocycles. The topological polar surface area (TPSA) is 84.4 Å². The molecule has 0 bridgehead atoms. The lowest BCUT2D eigenvalue weighted by atomic mass is 9.68. The molecular formula is C28H30ClFN2O4. The van der Waals surface area contributed by atoms with Crippen LogP contribution in [0.2, 0.25) is 5.02 Å². The summed E-state index contributed by atoms with van der Waals surface area (Å²) in [7, 11) is 0. The number of nitrogens with zero attached hydrogens (tertiary/aromatic N) is 1. The normalized spacial score (nSPS) is 22.9. The highest BCUT2D eigenvalue weighted by Crippen LogP contribution is 2.46. The van der Waals surface area contributed by atoms with Crippen molar-refractivity contribution in [1.82, 2.24) is 9.97 Å². The van der Waals surface area contributed by atoms with E-state index in [9.17, 15) is 9.90 Å². The van der Waals surface area contributed by atoms with Crippen LogP contribution < -0.4 is 4.74 Å². The van der Waals surface area contributed by atoms with E-state index in [0.717, 1.165) is 29.6 Å². The minimum absolute atomic E-state index is 0.144. The summed E-state index contributed by atoms with van der Waals surface area (Å²) >= 11 is 6.59. The summed E-state index contributed by atoms with van der Waals surface area (Å²) in [6, 6.07) is 11.9. The predicted molar refractivity (Wildman–Crippen MR) is 138 cm³/mol. The molecule has 0 saturated heterocycles. The Morgan fingerprint density at radius 2 is 1.92 bits per heavy atom. The second-order valence-corrected chi connectivity index (χ2v) is 10.6. The number of carboxylic acid groups (broad SMARTS) is 1. The first-order valence-electron chi connectivity index (χ1n) is 12.3. The predicted octanol–water partition coefficient (Wildman–Crippen LogP) is 6.83. The van der Waals surface area contributed by atoms with Gasteiger partial charge in [-0.05, 0) is 63.2 Å². The standard InChI is InChI=1S/C28H30ClFN2O4/c1-27(2,26(33)34)28(30)11-7-20(8-12-28)36-24-16-23-22(31-24)15-21(29)25(32-23)19-5-3-17(4-6-19)18-9-13-35-14-10-18/h3-6,9,15-16,20,31H,7-8,10-14H2,1-2H3,(H,33,34)/t20-,28+. The molecule has 6 nitrogen and oxygen atoms in total. The third kappa shape index (κ3) is 4.62. The Balaban J connectivity index is 1.30. The van der Waals surface area contributed by atoms with E-state index in [0.29, 0.717) is 36.0 Å². The van der Waals surface area contributed by atoms with Crippen molar-refractivity contribution in [2.75, 3.05) is 13.2 Å². The molecule has 5 rings (SSSR count). The van der Waals surface area contributed by atoms with Gasteiger partial charge in [0.25, 0.3) is 0 Å². The highest BCUT2D eigenvalue weighted by atomic mass is 35.5. The smallest absolute Gasteiger partial charge is 0.312 e. The molecule has 1 aliphatic heterocycles. The lowest BCUT2D eigenvalue weighted by molar-refractivity contribution is -0.160. The molecule has 0 spiro atoms. The molecule has 0 amide bonds. The molecular weight excluding hydrogens is 483 g/mol. The highest BCUT2D eigenvalue weighted by Gasteiger charge is 2.52. The van der Waals surface area contributed by atoms with Crippen molar-refractivity contribution in [2.45, 2.75) is 57.7 Å². The number of carbonyl (C=O) groups is 1. The Morgan fingerprint density at radius 3 is 2.56 bits per heavy atom. The number of H-pyrrole nitrogens is 1. The maximum absolute atomic E-state index is 15.4. The number of hydrogen-bond donors (Lipinski definition) is 2. The molecule has 36 heavy (non-hydrogen) atoms. The van der Waals surface area contributed by atoms with Gasteiger partial charge in [0, 0.05) is 11.6 Å². The number of benzene rings is 1. The van der Waals surface area contributed by atoms with E-state index in [2.05, 4.69) is 23.2 Å². The average molecular weight is 513 g/mol. The summed E-state index contributed by atoms with van der Waals surface area (Å²) in [5.41, 5.74) is 2.37. The van der Waals surface area contributed by atoms with Gasteiger partial charge in [0.05, 0.1) is 40.4 Å². The van der Waals surface area contributed by atoms with E-state index in [1.807, 2.05) is 24.3 Å². The monoisotopic (exact) mass is 512 g/mol. The van der Waals surface area contributed by atoms with Crippen molar-refractivity contribution in [3.63, 3.8) is 0 Å². The highest BCUT2D eigenvalue weighted by molar-refractivity contribution is 6.33. The van der Waals surface area contributed by atoms with Crippen molar-refractivity contribution in [2.24, 2.45) is 5.41 Å². The van der Waals surface area contributed by atoms with Crippen molar-refractivity contribution in [3.05, 3.63) is 53.1 Å². The van der Waals surface area contributed by atoms with Crippen LogP contribution >= 0.6 is 11.6 Å². The number of ether oxygens (including phenoxy) is 2. The van der Waals surface area contributed by atoms with Gasteiger partial charge in [-0.25, -0.2) is 9.37 Å². The van der Waals surface area contributed by atoms with Crippen molar-refractivity contribution in [1.29, 1.82) is 0 Å². The summed E-state index contributed by atoms with van der Waals surface area (Å²) in [6.45, 7) is 4.30. The molecule has 2 aliphatic rings. The van der Waals surface area contributed by atoms with Gasteiger partial charge in [-0.15, -0.1) is 0 Å². The molecule has 0 radical (unpaired) electrons. The van der Waals surface area contributed by atoms with Gasteiger partial charge in [0.2, 0.25) is 0 Å². The Labute approximate surface area is 214 Å². The minimum atomic E-state index is -1.75. The van der Waals surface area contributed by atoms with E-state index >= 15 is 4.39 Å².